The number of primary amides is 1. The number of fused-ring (bicyclic) bond motifs is 3. The highest BCUT2D eigenvalue weighted by Gasteiger charge is 2.71. The molecule has 0 spiro atoms. The van der Waals surface area contributed by atoms with E-state index in [2.05, 4.69) is 31.9 Å². The number of alkyl halides is 1. The molecule has 35 heavy (non-hydrogen) atoms. The smallest absolute Gasteiger partial charge is 0.312 e. The van der Waals surface area contributed by atoms with Crippen molar-refractivity contribution < 1.29 is 39.4 Å². The van der Waals surface area contributed by atoms with Gasteiger partial charge in [0.1, 0.15) is 11.3 Å². The number of nitrogens with zero attached hydrogens (tertiary/aromatic N) is 2. The first-order valence-electron chi connectivity index (χ1n) is 10.3. The van der Waals surface area contributed by atoms with Crippen molar-refractivity contribution in [1.82, 2.24) is 4.90 Å². The number of carbonyl (C=O) groups is 4. The zero-order valence-electron chi connectivity index (χ0n) is 18.2. The molecule has 5 atom stereocenters. The molecule has 1 unspecified atom stereocenters. The quantitative estimate of drug-likeness (QED) is 0.123. The van der Waals surface area contributed by atoms with Gasteiger partial charge in [-0.25, -0.2) is 0 Å². The van der Waals surface area contributed by atoms with Crippen molar-refractivity contribution in [2.24, 2.45) is 17.6 Å². The number of hydrogen-bond donors (Lipinski definition) is 4. The highest BCUT2D eigenvalue weighted by atomic mass is 79.9. The van der Waals surface area contributed by atoms with Crippen LogP contribution in [0.25, 0.3) is 0 Å². The summed E-state index contributed by atoms with van der Waals surface area (Å²) in [4.78, 5) is 64.5. The van der Waals surface area contributed by atoms with E-state index in [1.54, 1.807) is 0 Å². The molecule has 0 saturated heterocycles. The molecule has 0 radical (unpaired) electrons. The van der Waals surface area contributed by atoms with Gasteiger partial charge in [0.15, 0.2) is 27.3 Å². The number of likely N-dealkylation sites (N-methyl/N-ethyl adjacent to an activating group) is 1. The molecule has 3 aliphatic carbocycles. The maximum Gasteiger partial charge on any atom is 0.312 e. The van der Waals surface area contributed by atoms with Gasteiger partial charge in [0.2, 0.25) is 5.75 Å². The number of hydrogen-bond acceptors (Lipinski definition) is 10. The fourth-order valence-corrected chi connectivity index (χ4v) is 7.00. The van der Waals surface area contributed by atoms with Gasteiger partial charge < -0.3 is 21.1 Å². The highest BCUT2D eigenvalue weighted by Crippen LogP contribution is 2.57. The van der Waals surface area contributed by atoms with Crippen LogP contribution in [0.15, 0.2) is 21.9 Å². The van der Waals surface area contributed by atoms with Crippen LogP contribution in [0.2, 0.25) is 0 Å². The molecule has 1 amide bonds. The first-order valence-corrected chi connectivity index (χ1v) is 11.8. The Morgan fingerprint density at radius 1 is 1.29 bits per heavy atom. The predicted molar refractivity (Wildman–Crippen MR) is 125 cm³/mol. The minimum Gasteiger partial charge on any atom is -0.508 e. The van der Waals surface area contributed by atoms with E-state index in [1.165, 1.54) is 19.0 Å². The summed E-state index contributed by atoms with van der Waals surface area (Å²) in [6.07, 6.45) is -0.189. The second-order valence-corrected chi connectivity index (χ2v) is 11.2. The normalized spacial score (nSPS) is 32.3. The molecule has 1 fully saturated rings. The minimum atomic E-state index is -2.85. The first kappa shape index (κ1) is 25.4. The topological polar surface area (TPSA) is 201 Å². The van der Waals surface area contributed by atoms with Gasteiger partial charge in [-0.1, -0.05) is 31.9 Å². The van der Waals surface area contributed by atoms with Crippen molar-refractivity contribution in [3.8, 4) is 5.75 Å². The van der Waals surface area contributed by atoms with E-state index in [4.69, 9.17) is 5.73 Å². The summed E-state index contributed by atoms with van der Waals surface area (Å²) < 4.78 is -2.07. The van der Waals surface area contributed by atoms with Crippen molar-refractivity contribution in [3.05, 3.63) is 43.1 Å². The van der Waals surface area contributed by atoms with Crippen molar-refractivity contribution in [2.75, 3.05) is 14.1 Å². The van der Waals surface area contributed by atoms with Crippen LogP contribution in [0.4, 0.5) is 5.69 Å². The Morgan fingerprint density at radius 2 is 1.89 bits per heavy atom. The summed E-state index contributed by atoms with van der Waals surface area (Å²) in [6, 6.07) is -0.186. The van der Waals surface area contributed by atoms with Gasteiger partial charge in [0.05, 0.1) is 16.5 Å². The summed E-state index contributed by atoms with van der Waals surface area (Å²) in [5, 5.41) is 44.4. The molecule has 12 nitrogen and oxygen atoms in total. The Morgan fingerprint density at radius 3 is 2.40 bits per heavy atom. The van der Waals surface area contributed by atoms with Crippen LogP contribution in [0.3, 0.4) is 0 Å². The first-order chi connectivity index (χ1) is 16.1. The Balaban J connectivity index is 1.99. The average molecular weight is 617 g/mol. The lowest BCUT2D eigenvalue weighted by Gasteiger charge is -2.54. The SMILES string of the molecule is CN(C)[C@@H]1C(=O)C(C(N)=O)=C(O)[C@@]2(O)C(=O)C3(Br)C(=O)c4c(O)c([N+](=O)[O-])cc(Br)c4C[C@H]3C[C@@H]12. The molecule has 0 bridgehead atoms. The predicted octanol–water partition coefficient (Wildman–Crippen LogP) is 0.682. The summed E-state index contributed by atoms with van der Waals surface area (Å²) in [7, 11) is 2.97. The van der Waals surface area contributed by atoms with Crippen LogP contribution < -0.4 is 5.73 Å². The van der Waals surface area contributed by atoms with Gasteiger partial charge in [-0.2, -0.15) is 0 Å². The van der Waals surface area contributed by atoms with Crippen molar-refractivity contribution in [3.63, 3.8) is 0 Å². The number of carbonyl (C=O) groups excluding carboxylic acids is 4. The van der Waals surface area contributed by atoms with Crippen LogP contribution in [-0.4, -0.2) is 78.5 Å². The Labute approximate surface area is 214 Å². The standard InChI is InChI=1S/C21H19Br2N3O9/c1-25(2)13-8-4-6-3-7-9(22)5-10(26(34)35)14(27)11(7)16(29)20(6,23)19(32)21(8,33)17(30)12(15(13)28)18(24)31/h5-6,8,13,27,30,33H,3-4H2,1-2H3,(H2,24,31)/t6-,8-,13-,20?,21+/m0/s1. The molecule has 14 heteroatoms. The van der Waals surface area contributed by atoms with Crippen molar-refractivity contribution in [2.45, 2.75) is 28.8 Å². The number of ketones is 3. The zero-order valence-corrected chi connectivity index (χ0v) is 21.4. The number of Topliss-reactive ketones (excluding diaryl/α,β-unsaturated/α-hetero) is 3. The number of rotatable bonds is 3. The average Bonchev–Trinajstić information content (AvgIpc) is 2.75. The number of benzene rings is 1. The zero-order chi connectivity index (χ0) is 26.4. The van der Waals surface area contributed by atoms with Crippen molar-refractivity contribution >= 4 is 60.8 Å². The van der Waals surface area contributed by atoms with Crippen LogP contribution >= 0.6 is 31.9 Å². The van der Waals surface area contributed by atoms with E-state index in [1.807, 2.05) is 0 Å². The van der Waals surface area contributed by atoms with Gasteiger partial charge in [-0.3, -0.25) is 34.2 Å². The fourth-order valence-electron chi connectivity index (χ4n) is 5.57. The molecule has 1 aromatic rings. The lowest BCUT2D eigenvalue weighted by Crippen LogP contribution is -2.72. The number of nitro groups is 1. The largest absolute Gasteiger partial charge is 0.508 e. The molecule has 186 valence electrons. The Hall–Kier alpha value is -2.68. The monoisotopic (exact) mass is 615 g/mol. The fraction of sp³-hybridized carbons (Fsp3) is 0.429. The van der Waals surface area contributed by atoms with Crippen LogP contribution in [0.5, 0.6) is 5.75 Å². The van der Waals surface area contributed by atoms with Crippen LogP contribution in [0, 0.1) is 22.0 Å². The van der Waals surface area contributed by atoms with Gasteiger partial charge in [-0.05, 0) is 38.4 Å². The maximum absolute atomic E-state index is 13.9. The molecular formula is C21H19Br2N3O9. The van der Waals surface area contributed by atoms with Crippen LogP contribution in [0.1, 0.15) is 22.3 Å². The summed E-state index contributed by atoms with van der Waals surface area (Å²) in [5.41, 5.74) is 0.439. The van der Waals surface area contributed by atoms with E-state index >= 15 is 0 Å². The molecule has 4 rings (SSSR count). The van der Waals surface area contributed by atoms with Gasteiger partial charge in [-0.15, -0.1) is 0 Å². The molecule has 5 N–H and O–H groups in total. The molecule has 0 heterocycles. The maximum atomic E-state index is 13.9. The number of aromatic hydroxyl groups is 1. The number of nitro benzene ring substituents is 1. The third-order valence-corrected chi connectivity index (χ3v) is 9.22. The molecule has 0 aliphatic heterocycles. The summed E-state index contributed by atoms with van der Waals surface area (Å²) >= 11 is 6.33. The molecule has 3 aliphatic rings. The van der Waals surface area contributed by atoms with E-state index in [0.29, 0.717) is 0 Å². The van der Waals surface area contributed by atoms with E-state index < -0.39 is 84.3 Å². The van der Waals surface area contributed by atoms with E-state index in [-0.39, 0.29) is 22.9 Å². The number of aliphatic hydroxyl groups is 2. The third-order valence-electron chi connectivity index (χ3n) is 7.15. The Kier molecular flexibility index (Phi) is 5.75. The molecule has 1 saturated carbocycles. The molecule has 0 aromatic heterocycles. The van der Waals surface area contributed by atoms with E-state index in [9.17, 15) is 44.6 Å². The molecular weight excluding hydrogens is 598 g/mol. The van der Waals surface area contributed by atoms with E-state index in [0.717, 1.165) is 6.07 Å². The number of aliphatic hydroxyl groups excluding tert-OH is 1. The second-order valence-electron chi connectivity index (χ2n) is 9.08. The number of phenolic OH excluding ortho intramolecular Hbond substituents is 1. The number of halogens is 2. The van der Waals surface area contributed by atoms with Gasteiger partial charge in [0.25, 0.3) is 5.91 Å². The second kappa shape index (κ2) is 7.91. The lowest BCUT2D eigenvalue weighted by molar-refractivity contribution is -0.386. The highest BCUT2D eigenvalue weighted by molar-refractivity contribution is 9.11. The Bertz CT molecular complexity index is 1290. The third kappa shape index (κ3) is 3.09. The number of amides is 1. The number of nitrogens with two attached hydrogens (primary N) is 1. The van der Waals surface area contributed by atoms with Crippen LogP contribution in [-0.2, 0) is 20.8 Å². The van der Waals surface area contributed by atoms with Gasteiger partial charge >= 0.3 is 5.69 Å². The van der Waals surface area contributed by atoms with Gasteiger partial charge in [0, 0.05) is 16.5 Å². The summed E-state index contributed by atoms with van der Waals surface area (Å²) in [6.45, 7) is 0. The lowest BCUT2D eigenvalue weighted by atomic mass is 9.54. The summed E-state index contributed by atoms with van der Waals surface area (Å²) in [5.74, 6) is -8.88. The molecule has 1 aromatic carbocycles. The van der Waals surface area contributed by atoms with Crippen molar-refractivity contribution in [1.29, 1.82) is 0 Å². The number of phenols is 1. The minimum absolute atomic E-state index is 0.0434.